The number of thioether (sulfide) groups is 2. The highest BCUT2D eigenvalue weighted by atomic mass is 32.2. The third-order valence-corrected chi connectivity index (χ3v) is 2.99. The molecule has 0 aliphatic carbocycles. The summed E-state index contributed by atoms with van der Waals surface area (Å²) >= 11 is 3.60. The molecule has 1 heterocycles. The molecule has 2 nitrogen and oxygen atoms in total. The maximum absolute atomic E-state index is 5.11. The van der Waals surface area contributed by atoms with Crippen LogP contribution in [0.4, 0.5) is 0 Å². The third-order valence-electron chi connectivity index (χ3n) is 1.83. The summed E-state index contributed by atoms with van der Waals surface area (Å²) in [5, 5.41) is 0. The Morgan fingerprint density at radius 2 is 1.93 bits per heavy atom. The lowest BCUT2D eigenvalue weighted by molar-refractivity contribution is 0.396. The first-order valence-electron chi connectivity index (χ1n) is 4.32. The van der Waals surface area contributed by atoms with Gasteiger partial charge in [0.1, 0.15) is 0 Å². The van der Waals surface area contributed by atoms with Gasteiger partial charge in [-0.15, -0.1) is 0 Å². The highest BCUT2D eigenvalue weighted by Crippen LogP contribution is 2.20. The molecule has 0 bridgehead atoms. The second kappa shape index (κ2) is 6.19. The Labute approximate surface area is 93.8 Å². The van der Waals surface area contributed by atoms with Gasteiger partial charge in [-0.25, -0.2) is 4.98 Å². The molecule has 1 aromatic heterocycles. The maximum atomic E-state index is 5.11. The molecule has 0 atom stereocenters. The lowest BCUT2D eigenvalue weighted by Gasteiger charge is -2.08. The molecule has 4 heteroatoms. The molecule has 0 saturated carbocycles. The summed E-state index contributed by atoms with van der Waals surface area (Å²) in [5.41, 5.74) is 2.46. The SMILES string of the molecule is COc1ccc(CSC)c(CSC)n1. The largest absolute Gasteiger partial charge is 0.481 e. The molecule has 0 amide bonds. The molecule has 0 saturated heterocycles. The van der Waals surface area contributed by atoms with Crippen molar-refractivity contribution in [3.05, 3.63) is 23.4 Å². The maximum Gasteiger partial charge on any atom is 0.213 e. The van der Waals surface area contributed by atoms with Gasteiger partial charge in [-0.1, -0.05) is 6.07 Å². The van der Waals surface area contributed by atoms with Crippen molar-refractivity contribution in [3.8, 4) is 5.88 Å². The van der Waals surface area contributed by atoms with Crippen molar-refractivity contribution in [2.24, 2.45) is 0 Å². The second-order valence-corrected chi connectivity index (χ2v) is 4.56. The van der Waals surface area contributed by atoms with E-state index < -0.39 is 0 Å². The molecule has 0 N–H and O–H groups in total. The van der Waals surface area contributed by atoms with Gasteiger partial charge in [0.15, 0.2) is 0 Å². The molecular formula is C10H15NOS2. The van der Waals surface area contributed by atoms with Crippen molar-refractivity contribution in [3.63, 3.8) is 0 Å². The standard InChI is InChI=1S/C10H15NOS2/c1-12-10-5-4-8(6-13-2)9(11-10)7-14-3/h4-5H,6-7H2,1-3H3. The molecular weight excluding hydrogens is 214 g/mol. The van der Waals surface area contributed by atoms with Gasteiger partial charge in [-0.2, -0.15) is 23.5 Å². The van der Waals surface area contributed by atoms with E-state index in [1.54, 1.807) is 18.9 Å². The van der Waals surface area contributed by atoms with Crippen LogP contribution in [0.2, 0.25) is 0 Å². The van der Waals surface area contributed by atoms with Gasteiger partial charge in [0, 0.05) is 17.6 Å². The highest BCUT2D eigenvalue weighted by Gasteiger charge is 2.04. The van der Waals surface area contributed by atoms with Gasteiger partial charge in [-0.05, 0) is 18.1 Å². The first-order valence-corrected chi connectivity index (χ1v) is 7.11. The fourth-order valence-electron chi connectivity index (χ4n) is 1.17. The lowest BCUT2D eigenvalue weighted by atomic mass is 10.2. The van der Waals surface area contributed by atoms with Crippen LogP contribution in [0.1, 0.15) is 11.3 Å². The number of methoxy groups -OCH3 is 1. The molecule has 0 aliphatic heterocycles. The Bertz CT molecular complexity index is 291. The van der Waals surface area contributed by atoms with E-state index in [1.807, 2.05) is 17.8 Å². The van der Waals surface area contributed by atoms with Crippen molar-refractivity contribution in [1.82, 2.24) is 4.98 Å². The topological polar surface area (TPSA) is 22.1 Å². The van der Waals surface area contributed by atoms with E-state index >= 15 is 0 Å². The predicted octanol–water partition coefficient (Wildman–Crippen LogP) is 2.82. The minimum absolute atomic E-state index is 0.707. The number of aromatic nitrogens is 1. The Hall–Kier alpha value is -0.350. The average Bonchev–Trinajstić information content (AvgIpc) is 2.21. The predicted molar refractivity (Wildman–Crippen MR) is 65.2 cm³/mol. The minimum Gasteiger partial charge on any atom is -0.481 e. The first kappa shape index (κ1) is 11.7. The number of ether oxygens (including phenoxy) is 1. The molecule has 0 spiro atoms. The second-order valence-electron chi connectivity index (χ2n) is 2.83. The van der Waals surface area contributed by atoms with Crippen molar-refractivity contribution >= 4 is 23.5 Å². The van der Waals surface area contributed by atoms with Crippen LogP contribution in [0.25, 0.3) is 0 Å². The molecule has 0 fully saturated rings. The average molecular weight is 229 g/mol. The molecule has 0 aliphatic rings. The summed E-state index contributed by atoms with van der Waals surface area (Å²) in [5.74, 6) is 2.68. The van der Waals surface area contributed by atoms with Crippen molar-refractivity contribution in [1.29, 1.82) is 0 Å². The summed E-state index contributed by atoms with van der Waals surface area (Å²) in [6.45, 7) is 0. The summed E-state index contributed by atoms with van der Waals surface area (Å²) in [4.78, 5) is 4.44. The Morgan fingerprint density at radius 3 is 2.50 bits per heavy atom. The molecule has 0 unspecified atom stereocenters. The zero-order valence-electron chi connectivity index (χ0n) is 8.74. The van der Waals surface area contributed by atoms with Crippen molar-refractivity contribution in [2.75, 3.05) is 19.6 Å². The van der Waals surface area contributed by atoms with Gasteiger partial charge in [0.2, 0.25) is 5.88 Å². The number of pyridine rings is 1. The molecule has 0 radical (unpaired) electrons. The smallest absolute Gasteiger partial charge is 0.213 e. The number of hydrogen-bond acceptors (Lipinski definition) is 4. The van der Waals surface area contributed by atoms with Gasteiger partial charge >= 0.3 is 0 Å². The van der Waals surface area contributed by atoms with E-state index in [1.165, 1.54) is 5.56 Å². The van der Waals surface area contributed by atoms with Gasteiger partial charge in [-0.3, -0.25) is 0 Å². The normalized spacial score (nSPS) is 10.2. The Morgan fingerprint density at radius 1 is 1.21 bits per heavy atom. The highest BCUT2D eigenvalue weighted by molar-refractivity contribution is 7.98. The monoisotopic (exact) mass is 229 g/mol. The molecule has 78 valence electrons. The van der Waals surface area contributed by atoms with Crippen LogP contribution in [0, 0.1) is 0 Å². The Kier molecular flexibility index (Phi) is 5.19. The summed E-state index contributed by atoms with van der Waals surface area (Å²) in [7, 11) is 1.65. The van der Waals surface area contributed by atoms with E-state index in [2.05, 4.69) is 23.6 Å². The fourth-order valence-corrected chi connectivity index (χ4v) is 2.27. The van der Waals surface area contributed by atoms with Crippen LogP contribution >= 0.6 is 23.5 Å². The van der Waals surface area contributed by atoms with Crippen molar-refractivity contribution in [2.45, 2.75) is 11.5 Å². The zero-order valence-corrected chi connectivity index (χ0v) is 10.4. The summed E-state index contributed by atoms with van der Waals surface area (Å²) in [6, 6.07) is 4.03. The van der Waals surface area contributed by atoms with Gasteiger partial charge < -0.3 is 4.74 Å². The van der Waals surface area contributed by atoms with Crippen LogP contribution in [0.5, 0.6) is 5.88 Å². The van der Waals surface area contributed by atoms with E-state index in [9.17, 15) is 0 Å². The zero-order chi connectivity index (χ0) is 10.4. The quantitative estimate of drug-likeness (QED) is 0.774. The number of hydrogen-bond donors (Lipinski definition) is 0. The fraction of sp³-hybridized carbons (Fsp3) is 0.500. The van der Waals surface area contributed by atoms with E-state index in [0.29, 0.717) is 5.88 Å². The lowest BCUT2D eigenvalue weighted by Crippen LogP contribution is -1.97. The van der Waals surface area contributed by atoms with E-state index in [-0.39, 0.29) is 0 Å². The number of rotatable bonds is 5. The summed E-state index contributed by atoms with van der Waals surface area (Å²) in [6.07, 6.45) is 4.19. The van der Waals surface area contributed by atoms with Crippen LogP contribution in [-0.2, 0) is 11.5 Å². The van der Waals surface area contributed by atoms with Gasteiger partial charge in [0.25, 0.3) is 0 Å². The third kappa shape index (κ3) is 3.10. The van der Waals surface area contributed by atoms with Crippen LogP contribution in [0.3, 0.4) is 0 Å². The molecule has 1 rings (SSSR count). The molecule has 1 aromatic rings. The van der Waals surface area contributed by atoms with Gasteiger partial charge in [0.05, 0.1) is 12.8 Å². The number of nitrogens with zero attached hydrogens (tertiary/aromatic N) is 1. The Balaban J connectivity index is 2.91. The molecule has 14 heavy (non-hydrogen) atoms. The van der Waals surface area contributed by atoms with Crippen LogP contribution < -0.4 is 4.74 Å². The van der Waals surface area contributed by atoms with Crippen molar-refractivity contribution < 1.29 is 4.74 Å². The van der Waals surface area contributed by atoms with Crippen LogP contribution in [-0.4, -0.2) is 24.6 Å². The molecule has 0 aromatic carbocycles. The summed E-state index contributed by atoms with van der Waals surface area (Å²) < 4.78 is 5.11. The van der Waals surface area contributed by atoms with E-state index in [0.717, 1.165) is 17.2 Å². The minimum atomic E-state index is 0.707. The first-order chi connectivity index (χ1) is 6.81. The van der Waals surface area contributed by atoms with E-state index in [4.69, 9.17) is 4.74 Å². The van der Waals surface area contributed by atoms with Crippen LogP contribution in [0.15, 0.2) is 12.1 Å².